The minimum Gasteiger partial charge on any atom is -0.363 e. The van der Waals surface area contributed by atoms with E-state index in [1.54, 1.807) is 16.8 Å². The van der Waals surface area contributed by atoms with Gasteiger partial charge in [0.1, 0.15) is 6.10 Å². The van der Waals surface area contributed by atoms with E-state index in [4.69, 9.17) is 4.74 Å². The van der Waals surface area contributed by atoms with Crippen molar-refractivity contribution < 1.29 is 9.53 Å². The molecule has 0 spiro atoms. The summed E-state index contributed by atoms with van der Waals surface area (Å²) < 4.78 is 7.33. The second-order valence-electron chi connectivity index (χ2n) is 8.87. The van der Waals surface area contributed by atoms with Crippen molar-refractivity contribution in [2.24, 2.45) is 5.92 Å². The van der Waals surface area contributed by atoms with Gasteiger partial charge in [0.15, 0.2) is 0 Å². The van der Waals surface area contributed by atoms with Gasteiger partial charge in [0.05, 0.1) is 18.8 Å². The van der Waals surface area contributed by atoms with Gasteiger partial charge in [-0.15, -0.1) is 0 Å². The highest BCUT2D eigenvalue weighted by atomic mass is 16.5. The van der Waals surface area contributed by atoms with E-state index in [9.17, 15) is 9.59 Å². The van der Waals surface area contributed by atoms with Gasteiger partial charge in [-0.05, 0) is 17.2 Å². The Morgan fingerprint density at radius 2 is 1.86 bits per heavy atom. The molecule has 2 aliphatic heterocycles. The Bertz CT molecular complexity index is 939. The van der Waals surface area contributed by atoms with E-state index >= 15 is 0 Å². The highest BCUT2D eigenvalue weighted by Gasteiger charge is 2.36. The van der Waals surface area contributed by atoms with Gasteiger partial charge in [-0.3, -0.25) is 9.59 Å². The van der Waals surface area contributed by atoms with Gasteiger partial charge in [-0.2, -0.15) is 5.10 Å². The maximum Gasteiger partial charge on any atom is 0.266 e. The third-order valence-electron chi connectivity index (χ3n) is 5.57. The van der Waals surface area contributed by atoms with Crippen molar-refractivity contribution in [1.29, 1.82) is 0 Å². The number of likely N-dealkylation sites (tertiary alicyclic amines) is 1. The highest BCUT2D eigenvalue weighted by molar-refractivity contribution is 5.82. The van der Waals surface area contributed by atoms with E-state index in [2.05, 4.69) is 31.9 Å². The van der Waals surface area contributed by atoms with Crippen LogP contribution in [0.25, 0.3) is 0 Å². The Kier molecular flexibility index (Phi) is 4.83. The molecule has 2 aromatic rings. The first kappa shape index (κ1) is 18.9. The maximum atomic E-state index is 12.8. The lowest BCUT2D eigenvalue weighted by atomic mass is 9.92. The number of nitrogens with zero attached hydrogens (tertiary/aromatic N) is 3. The summed E-state index contributed by atoms with van der Waals surface area (Å²) in [5.74, 6) is 0.301. The number of carbonyl (C=O) groups is 1. The fourth-order valence-corrected chi connectivity index (χ4v) is 3.80. The summed E-state index contributed by atoms with van der Waals surface area (Å²) >= 11 is 0. The molecule has 0 bridgehead atoms. The van der Waals surface area contributed by atoms with Gasteiger partial charge in [0, 0.05) is 36.9 Å². The van der Waals surface area contributed by atoms with E-state index in [1.165, 1.54) is 5.56 Å². The van der Waals surface area contributed by atoms with Crippen LogP contribution < -0.4 is 5.56 Å². The summed E-state index contributed by atoms with van der Waals surface area (Å²) in [6, 6.07) is 11.5. The molecule has 0 aliphatic carbocycles. The number of amides is 1. The average molecular weight is 381 g/mol. The molecule has 1 aromatic carbocycles. The second-order valence-corrected chi connectivity index (χ2v) is 8.87. The molecule has 6 heteroatoms. The Morgan fingerprint density at radius 1 is 1.14 bits per heavy atom. The number of hydrogen-bond donors (Lipinski definition) is 0. The molecule has 3 heterocycles. The van der Waals surface area contributed by atoms with E-state index in [0.29, 0.717) is 32.7 Å². The molecule has 1 unspecified atom stereocenters. The Hall–Kier alpha value is -2.47. The van der Waals surface area contributed by atoms with Crippen molar-refractivity contribution >= 4 is 5.91 Å². The lowest BCUT2D eigenvalue weighted by Gasteiger charge is -2.41. The molecule has 1 fully saturated rings. The molecule has 1 amide bonds. The van der Waals surface area contributed by atoms with Crippen molar-refractivity contribution in [2.45, 2.75) is 51.9 Å². The molecule has 2 aliphatic rings. The molecule has 1 atom stereocenters. The van der Waals surface area contributed by atoms with Crippen molar-refractivity contribution in [3.8, 4) is 0 Å². The highest BCUT2D eigenvalue weighted by Crippen LogP contribution is 2.25. The maximum absolute atomic E-state index is 12.8. The first-order valence-electron chi connectivity index (χ1n) is 9.87. The van der Waals surface area contributed by atoms with Gasteiger partial charge < -0.3 is 9.64 Å². The third kappa shape index (κ3) is 3.74. The number of carbonyl (C=O) groups excluding carboxylic acids is 1. The van der Waals surface area contributed by atoms with Crippen molar-refractivity contribution in [2.75, 3.05) is 13.1 Å². The number of ether oxygens (including phenoxy) is 1. The minimum atomic E-state index is -0.402. The monoisotopic (exact) mass is 381 g/mol. The Morgan fingerprint density at radius 3 is 2.57 bits per heavy atom. The smallest absolute Gasteiger partial charge is 0.266 e. The molecule has 28 heavy (non-hydrogen) atoms. The summed E-state index contributed by atoms with van der Waals surface area (Å²) in [5, 5.41) is 4.53. The SMILES string of the molecule is CC(C)(C)c1ccc(=O)n(CC2CN(C(=O)C3Cc4ccccc4CO3)C2)n1. The van der Waals surface area contributed by atoms with E-state index in [1.807, 2.05) is 23.1 Å². The number of fused-ring (bicyclic) bond motifs is 1. The zero-order chi connectivity index (χ0) is 19.9. The van der Waals surface area contributed by atoms with Crippen LogP contribution in [0.3, 0.4) is 0 Å². The zero-order valence-electron chi connectivity index (χ0n) is 16.7. The average Bonchev–Trinajstić information content (AvgIpc) is 2.63. The van der Waals surface area contributed by atoms with Gasteiger partial charge in [0.2, 0.25) is 0 Å². The summed E-state index contributed by atoms with van der Waals surface area (Å²) in [4.78, 5) is 26.7. The first-order valence-corrected chi connectivity index (χ1v) is 9.87. The molecule has 0 radical (unpaired) electrons. The van der Waals surface area contributed by atoms with Crippen LogP contribution in [0.2, 0.25) is 0 Å². The van der Waals surface area contributed by atoms with Crippen LogP contribution in [-0.4, -0.2) is 39.8 Å². The number of rotatable bonds is 3. The minimum absolute atomic E-state index is 0.0505. The van der Waals surface area contributed by atoms with E-state index < -0.39 is 6.10 Å². The summed E-state index contributed by atoms with van der Waals surface area (Å²) in [6.07, 6.45) is 0.228. The van der Waals surface area contributed by atoms with Crippen LogP contribution in [0.1, 0.15) is 37.6 Å². The largest absolute Gasteiger partial charge is 0.363 e. The third-order valence-corrected chi connectivity index (χ3v) is 5.57. The molecule has 1 aromatic heterocycles. The van der Waals surface area contributed by atoms with Crippen LogP contribution in [-0.2, 0) is 34.5 Å². The molecule has 1 saturated heterocycles. The van der Waals surface area contributed by atoms with Crippen LogP contribution in [0.5, 0.6) is 0 Å². The summed E-state index contributed by atoms with van der Waals surface area (Å²) in [6.45, 7) is 8.56. The predicted molar refractivity (Wildman–Crippen MR) is 106 cm³/mol. The second kappa shape index (κ2) is 7.17. The topological polar surface area (TPSA) is 64.4 Å². The number of benzene rings is 1. The standard InChI is InChI=1S/C22H27N3O3/c1-22(2,3)19-8-9-20(26)25(23-19)13-15-11-24(12-15)21(27)18-10-16-6-4-5-7-17(16)14-28-18/h4-9,15,18H,10-14H2,1-3H3. The van der Waals surface area contributed by atoms with Gasteiger partial charge >= 0.3 is 0 Å². The van der Waals surface area contributed by atoms with Crippen molar-refractivity contribution in [3.05, 3.63) is 63.6 Å². The van der Waals surface area contributed by atoms with Crippen LogP contribution in [0, 0.1) is 5.92 Å². The molecule has 4 rings (SSSR count). The van der Waals surface area contributed by atoms with Crippen molar-refractivity contribution in [3.63, 3.8) is 0 Å². The van der Waals surface area contributed by atoms with E-state index in [-0.39, 0.29) is 22.8 Å². The predicted octanol–water partition coefficient (Wildman–Crippen LogP) is 2.14. The molecule has 148 valence electrons. The van der Waals surface area contributed by atoms with Crippen LogP contribution in [0.15, 0.2) is 41.2 Å². The van der Waals surface area contributed by atoms with Crippen molar-refractivity contribution in [1.82, 2.24) is 14.7 Å². The Balaban J connectivity index is 1.35. The summed E-state index contributed by atoms with van der Waals surface area (Å²) in [5.41, 5.74) is 3.06. The summed E-state index contributed by atoms with van der Waals surface area (Å²) in [7, 11) is 0. The van der Waals surface area contributed by atoms with Gasteiger partial charge in [0.25, 0.3) is 11.5 Å². The fraction of sp³-hybridized carbons (Fsp3) is 0.500. The fourth-order valence-electron chi connectivity index (χ4n) is 3.80. The van der Waals surface area contributed by atoms with Gasteiger partial charge in [-0.1, -0.05) is 45.0 Å². The quantitative estimate of drug-likeness (QED) is 0.817. The van der Waals surface area contributed by atoms with E-state index in [0.717, 1.165) is 11.3 Å². The zero-order valence-corrected chi connectivity index (χ0v) is 16.7. The lowest BCUT2D eigenvalue weighted by Crippen LogP contribution is -2.56. The molecule has 0 saturated carbocycles. The molecular weight excluding hydrogens is 354 g/mol. The molecule has 6 nitrogen and oxygen atoms in total. The van der Waals surface area contributed by atoms with Gasteiger partial charge in [-0.25, -0.2) is 4.68 Å². The normalized spacial score (nSPS) is 19.8. The molecular formula is C22H27N3O3. The Labute approximate surface area is 165 Å². The number of aromatic nitrogens is 2. The van der Waals surface area contributed by atoms with Crippen LogP contribution >= 0.6 is 0 Å². The molecule has 0 N–H and O–H groups in total. The lowest BCUT2D eigenvalue weighted by molar-refractivity contribution is -0.152. The number of hydrogen-bond acceptors (Lipinski definition) is 4. The first-order chi connectivity index (χ1) is 13.3. The van der Waals surface area contributed by atoms with Crippen LogP contribution in [0.4, 0.5) is 0 Å².